The van der Waals surface area contributed by atoms with Crippen molar-refractivity contribution < 1.29 is 9.53 Å². The molecule has 2 amide bonds. The minimum atomic E-state index is 0.0567. The van der Waals surface area contributed by atoms with Crippen molar-refractivity contribution in [3.8, 4) is 5.75 Å². The van der Waals surface area contributed by atoms with Gasteiger partial charge in [0.05, 0.1) is 6.61 Å². The van der Waals surface area contributed by atoms with E-state index in [1.54, 1.807) is 0 Å². The van der Waals surface area contributed by atoms with E-state index in [2.05, 4.69) is 23.7 Å². The maximum Gasteiger partial charge on any atom is 0.317 e. The highest BCUT2D eigenvalue weighted by molar-refractivity contribution is 7.99. The lowest BCUT2D eigenvalue weighted by atomic mass is 10.1. The molecule has 1 aromatic carbocycles. The van der Waals surface area contributed by atoms with Gasteiger partial charge < -0.3 is 15.0 Å². The zero-order chi connectivity index (χ0) is 16.2. The average Bonchev–Trinajstić information content (AvgIpc) is 3.22. The fraction of sp³-hybridized carbons (Fsp3) is 0.611. The molecule has 0 bridgehead atoms. The molecule has 1 heterocycles. The van der Waals surface area contributed by atoms with E-state index in [0.717, 1.165) is 38.0 Å². The van der Waals surface area contributed by atoms with Crippen LogP contribution in [0.2, 0.25) is 0 Å². The van der Waals surface area contributed by atoms with Gasteiger partial charge in [0.1, 0.15) is 5.75 Å². The van der Waals surface area contributed by atoms with Gasteiger partial charge in [0.15, 0.2) is 0 Å². The summed E-state index contributed by atoms with van der Waals surface area (Å²) in [6.45, 7) is 1.47. The Bertz CT molecular complexity index is 564. The summed E-state index contributed by atoms with van der Waals surface area (Å²) in [5, 5.41) is 3.77. The Balaban J connectivity index is 1.44. The van der Waals surface area contributed by atoms with Gasteiger partial charge in [-0.3, -0.25) is 0 Å². The molecule has 0 radical (unpaired) electrons. The maximum absolute atomic E-state index is 12.3. The number of fused-ring (bicyclic) bond motifs is 1. The Morgan fingerprint density at radius 3 is 3.09 bits per heavy atom. The Kier molecular flexibility index (Phi) is 5.36. The predicted octanol–water partition coefficient (Wildman–Crippen LogP) is 3.09. The van der Waals surface area contributed by atoms with Crippen LogP contribution >= 0.6 is 11.8 Å². The molecule has 1 aliphatic carbocycles. The fourth-order valence-electron chi connectivity index (χ4n) is 3.48. The molecule has 1 aromatic rings. The van der Waals surface area contributed by atoms with Crippen LogP contribution in [-0.4, -0.2) is 48.7 Å². The number of thioether (sulfide) groups is 1. The van der Waals surface area contributed by atoms with Crippen LogP contribution in [-0.2, 0) is 12.8 Å². The van der Waals surface area contributed by atoms with Crippen molar-refractivity contribution in [1.29, 1.82) is 0 Å². The first-order chi connectivity index (χ1) is 11.2. The molecule has 0 unspecified atom stereocenters. The lowest BCUT2D eigenvalue weighted by molar-refractivity contribution is 0.191. The van der Waals surface area contributed by atoms with Crippen LogP contribution < -0.4 is 10.1 Å². The van der Waals surface area contributed by atoms with Gasteiger partial charge in [-0.05, 0) is 49.1 Å². The van der Waals surface area contributed by atoms with Gasteiger partial charge >= 0.3 is 6.03 Å². The summed E-state index contributed by atoms with van der Waals surface area (Å²) in [7, 11) is 1.93. The Morgan fingerprint density at radius 1 is 1.43 bits per heavy atom. The highest BCUT2D eigenvalue weighted by Crippen LogP contribution is 2.31. The third kappa shape index (κ3) is 3.94. The number of rotatable bonds is 5. The third-order valence-electron chi connectivity index (χ3n) is 5.00. The van der Waals surface area contributed by atoms with Crippen LogP contribution in [0.25, 0.3) is 0 Å². The van der Waals surface area contributed by atoms with E-state index < -0.39 is 0 Å². The summed E-state index contributed by atoms with van der Waals surface area (Å²) in [4.78, 5) is 14.2. The minimum absolute atomic E-state index is 0.0567. The first kappa shape index (κ1) is 16.5. The number of carbonyl (C=O) groups is 1. The van der Waals surface area contributed by atoms with E-state index in [9.17, 15) is 4.79 Å². The van der Waals surface area contributed by atoms with Gasteiger partial charge in [0.25, 0.3) is 0 Å². The van der Waals surface area contributed by atoms with E-state index in [4.69, 9.17) is 4.74 Å². The molecule has 1 saturated carbocycles. The van der Waals surface area contributed by atoms with Crippen LogP contribution in [0.3, 0.4) is 0 Å². The summed E-state index contributed by atoms with van der Waals surface area (Å²) >= 11 is 1.92. The number of carbonyl (C=O) groups excluding carboxylic acids is 1. The van der Waals surface area contributed by atoms with E-state index in [0.29, 0.717) is 17.8 Å². The number of nitrogens with one attached hydrogen (secondary N) is 1. The van der Waals surface area contributed by atoms with Crippen LogP contribution in [0.1, 0.15) is 30.4 Å². The molecule has 5 heteroatoms. The number of amides is 2. The average molecular weight is 334 g/mol. The molecular weight excluding hydrogens is 308 g/mol. The molecule has 126 valence electrons. The number of ether oxygens (including phenoxy) is 1. The first-order valence-corrected chi connectivity index (χ1v) is 9.74. The van der Waals surface area contributed by atoms with Crippen LogP contribution in [0.4, 0.5) is 4.79 Å². The molecule has 1 aliphatic heterocycles. The molecule has 2 aliphatic rings. The van der Waals surface area contributed by atoms with Gasteiger partial charge in [-0.15, -0.1) is 0 Å². The van der Waals surface area contributed by atoms with Crippen molar-refractivity contribution in [2.45, 2.75) is 43.4 Å². The SMILES string of the molecule is CS[C@H]1CC[C@H](N(C)C(=O)NCCc2ccc3c(c2)CCO3)C1. The summed E-state index contributed by atoms with van der Waals surface area (Å²) in [5.74, 6) is 1.02. The normalized spacial score (nSPS) is 22.5. The lowest BCUT2D eigenvalue weighted by Gasteiger charge is -2.25. The molecule has 23 heavy (non-hydrogen) atoms. The summed E-state index contributed by atoms with van der Waals surface area (Å²) in [6.07, 6.45) is 7.49. The zero-order valence-corrected chi connectivity index (χ0v) is 14.8. The molecular formula is C18H26N2O2S. The second-order valence-corrected chi connectivity index (χ2v) is 7.60. The minimum Gasteiger partial charge on any atom is -0.493 e. The Labute approximate surface area is 143 Å². The van der Waals surface area contributed by atoms with Crippen molar-refractivity contribution >= 4 is 17.8 Å². The highest BCUT2D eigenvalue weighted by atomic mass is 32.2. The smallest absolute Gasteiger partial charge is 0.317 e. The molecule has 3 rings (SSSR count). The Hall–Kier alpha value is -1.36. The van der Waals surface area contributed by atoms with E-state index in [1.165, 1.54) is 17.5 Å². The largest absolute Gasteiger partial charge is 0.493 e. The summed E-state index contributed by atoms with van der Waals surface area (Å²) in [6, 6.07) is 6.80. The second kappa shape index (κ2) is 7.47. The van der Waals surface area contributed by atoms with Crippen LogP contribution in [0, 0.1) is 0 Å². The monoisotopic (exact) mass is 334 g/mol. The van der Waals surface area contributed by atoms with Crippen molar-refractivity contribution in [2.24, 2.45) is 0 Å². The number of urea groups is 1. The van der Waals surface area contributed by atoms with Crippen molar-refractivity contribution in [1.82, 2.24) is 10.2 Å². The molecule has 0 spiro atoms. The van der Waals surface area contributed by atoms with Crippen molar-refractivity contribution in [3.63, 3.8) is 0 Å². The molecule has 1 fully saturated rings. The standard InChI is InChI=1S/C18H26N2O2S/c1-20(15-4-5-16(12-15)23-2)18(21)19-9-7-13-3-6-17-14(11-13)8-10-22-17/h3,6,11,15-16H,4-5,7-10,12H2,1-2H3,(H,19,21)/t15-,16-/m0/s1. The van der Waals surface area contributed by atoms with Gasteiger partial charge in [-0.2, -0.15) is 11.8 Å². The molecule has 0 saturated heterocycles. The quantitative estimate of drug-likeness (QED) is 0.900. The van der Waals surface area contributed by atoms with Crippen molar-refractivity contribution in [3.05, 3.63) is 29.3 Å². The second-order valence-electron chi connectivity index (χ2n) is 6.46. The Morgan fingerprint density at radius 2 is 2.30 bits per heavy atom. The predicted molar refractivity (Wildman–Crippen MR) is 95.4 cm³/mol. The van der Waals surface area contributed by atoms with Crippen LogP contribution in [0.15, 0.2) is 18.2 Å². The van der Waals surface area contributed by atoms with E-state index in [-0.39, 0.29) is 6.03 Å². The topological polar surface area (TPSA) is 41.6 Å². The highest BCUT2D eigenvalue weighted by Gasteiger charge is 2.29. The van der Waals surface area contributed by atoms with Gasteiger partial charge in [-0.1, -0.05) is 12.1 Å². The maximum atomic E-state index is 12.3. The van der Waals surface area contributed by atoms with Gasteiger partial charge in [-0.25, -0.2) is 4.79 Å². The fourth-order valence-corrected chi connectivity index (χ4v) is 4.27. The molecule has 4 nitrogen and oxygen atoms in total. The lowest BCUT2D eigenvalue weighted by Crippen LogP contribution is -2.43. The number of hydrogen-bond acceptors (Lipinski definition) is 3. The van der Waals surface area contributed by atoms with Gasteiger partial charge in [0, 0.05) is 31.3 Å². The summed E-state index contributed by atoms with van der Waals surface area (Å²) in [5.41, 5.74) is 2.56. The molecule has 1 N–H and O–H groups in total. The van der Waals surface area contributed by atoms with E-state index >= 15 is 0 Å². The molecule has 0 aromatic heterocycles. The number of benzene rings is 1. The number of hydrogen-bond donors (Lipinski definition) is 1. The van der Waals surface area contributed by atoms with Crippen LogP contribution in [0.5, 0.6) is 5.75 Å². The van der Waals surface area contributed by atoms with E-state index in [1.807, 2.05) is 29.8 Å². The zero-order valence-electron chi connectivity index (χ0n) is 14.0. The van der Waals surface area contributed by atoms with Crippen molar-refractivity contribution in [2.75, 3.05) is 26.5 Å². The third-order valence-corrected chi connectivity index (χ3v) is 6.10. The first-order valence-electron chi connectivity index (χ1n) is 8.45. The number of nitrogens with zero attached hydrogens (tertiary/aromatic N) is 1. The summed E-state index contributed by atoms with van der Waals surface area (Å²) < 4.78 is 5.52. The molecule has 2 atom stereocenters. The van der Waals surface area contributed by atoms with Gasteiger partial charge in [0.2, 0.25) is 0 Å².